The number of aliphatic carboxylic acids is 1. The van der Waals surface area contributed by atoms with E-state index in [2.05, 4.69) is 4.90 Å². The number of hydrogen-bond donors (Lipinski definition) is 1. The molecule has 0 aliphatic carbocycles. The largest absolute Gasteiger partial charge is 0.480 e. The van der Waals surface area contributed by atoms with Gasteiger partial charge in [0.05, 0.1) is 0 Å². The van der Waals surface area contributed by atoms with Crippen LogP contribution in [0.4, 0.5) is 0 Å². The second-order valence-corrected chi connectivity index (χ2v) is 3.77. The van der Waals surface area contributed by atoms with Gasteiger partial charge in [0.15, 0.2) is 0 Å². The van der Waals surface area contributed by atoms with Crippen molar-refractivity contribution in [3.63, 3.8) is 0 Å². The van der Waals surface area contributed by atoms with Crippen LogP contribution in [0.25, 0.3) is 0 Å². The zero-order valence-corrected chi connectivity index (χ0v) is 9.01. The van der Waals surface area contributed by atoms with Crippen molar-refractivity contribution >= 4 is 18.4 Å². The normalized spacial score (nSPS) is 19.9. The zero-order chi connectivity index (χ0) is 9.14. The summed E-state index contributed by atoms with van der Waals surface area (Å²) in [6.07, 6.45) is 2.30. The van der Waals surface area contributed by atoms with Gasteiger partial charge < -0.3 is 5.11 Å². The molecule has 4 heteroatoms. The minimum absolute atomic E-state index is 0. The molecule has 0 amide bonds. The third kappa shape index (κ3) is 3.16. The Bertz CT molecular complexity index is 167. The number of nitrogens with zero attached hydrogens (tertiary/aromatic N) is 1. The predicted molar refractivity (Wildman–Crippen MR) is 54.3 cm³/mol. The molecule has 0 aromatic rings. The smallest absolute Gasteiger partial charge is 0.321 e. The molecular formula is C9H18ClNO2. The second kappa shape index (κ2) is 5.45. The van der Waals surface area contributed by atoms with Gasteiger partial charge in [0.25, 0.3) is 0 Å². The highest BCUT2D eigenvalue weighted by Crippen LogP contribution is 2.17. The van der Waals surface area contributed by atoms with Crippen molar-refractivity contribution in [1.82, 2.24) is 4.90 Å². The van der Waals surface area contributed by atoms with Gasteiger partial charge in [-0.1, -0.05) is 13.8 Å². The molecule has 1 aliphatic rings. The first-order valence-corrected chi connectivity index (χ1v) is 4.60. The van der Waals surface area contributed by atoms with Gasteiger partial charge in [-0.15, -0.1) is 12.4 Å². The van der Waals surface area contributed by atoms with E-state index in [0.717, 1.165) is 25.9 Å². The van der Waals surface area contributed by atoms with Gasteiger partial charge in [-0.2, -0.15) is 0 Å². The molecule has 0 saturated carbocycles. The number of hydrogen-bond acceptors (Lipinski definition) is 2. The van der Waals surface area contributed by atoms with Crippen molar-refractivity contribution in [3.05, 3.63) is 0 Å². The maximum Gasteiger partial charge on any atom is 0.321 e. The third-order valence-electron chi connectivity index (χ3n) is 2.42. The Morgan fingerprint density at radius 1 is 1.31 bits per heavy atom. The first-order chi connectivity index (χ1) is 5.63. The van der Waals surface area contributed by atoms with E-state index in [4.69, 9.17) is 5.11 Å². The van der Waals surface area contributed by atoms with Gasteiger partial charge in [0.2, 0.25) is 0 Å². The number of carbonyl (C=O) groups is 1. The zero-order valence-electron chi connectivity index (χ0n) is 8.19. The molecule has 0 bridgehead atoms. The molecule has 13 heavy (non-hydrogen) atoms. The van der Waals surface area contributed by atoms with Crippen molar-refractivity contribution in [2.75, 3.05) is 13.1 Å². The standard InChI is InChI=1S/C9H17NO2.ClH/c1-7(2)8(9(11)12)10-5-3-4-6-10;/h7-8H,3-6H2,1-2H3,(H,11,12);1H. The summed E-state index contributed by atoms with van der Waals surface area (Å²) in [5, 5.41) is 8.96. The van der Waals surface area contributed by atoms with Gasteiger partial charge >= 0.3 is 5.97 Å². The van der Waals surface area contributed by atoms with Crippen LogP contribution < -0.4 is 0 Å². The molecule has 1 N–H and O–H groups in total. The van der Waals surface area contributed by atoms with E-state index in [9.17, 15) is 4.79 Å². The van der Waals surface area contributed by atoms with Crippen LogP contribution in [-0.2, 0) is 4.79 Å². The van der Waals surface area contributed by atoms with Crippen molar-refractivity contribution < 1.29 is 9.90 Å². The number of likely N-dealkylation sites (tertiary alicyclic amines) is 1. The number of rotatable bonds is 3. The first kappa shape index (κ1) is 12.7. The number of halogens is 1. The van der Waals surface area contributed by atoms with Crippen molar-refractivity contribution in [2.45, 2.75) is 32.7 Å². The molecule has 0 aromatic carbocycles. The summed E-state index contributed by atoms with van der Waals surface area (Å²) in [5.41, 5.74) is 0. The van der Waals surface area contributed by atoms with Crippen molar-refractivity contribution in [3.8, 4) is 0 Å². The lowest BCUT2D eigenvalue weighted by molar-refractivity contribution is -0.144. The summed E-state index contributed by atoms with van der Waals surface area (Å²) in [7, 11) is 0. The Hall–Kier alpha value is -0.280. The molecule has 1 aliphatic heterocycles. The SMILES string of the molecule is CC(C)C(C(=O)O)N1CCCC1.Cl. The van der Waals surface area contributed by atoms with Crippen LogP contribution in [0.3, 0.4) is 0 Å². The summed E-state index contributed by atoms with van der Waals surface area (Å²) in [4.78, 5) is 13.0. The molecule has 1 heterocycles. The van der Waals surface area contributed by atoms with E-state index in [1.165, 1.54) is 0 Å². The van der Waals surface area contributed by atoms with Crippen LogP contribution in [0.5, 0.6) is 0 Å². The van der Waals surface area contributed by atoms with Gasteiger partial charge in [0, 0.05) is 0 Å². The van der Waals surface area contributed by atoms with Gasteiger partial charge in [-0.05, 0) is 31.8 Å². The fraction of sp³-hybridized carbons (Fsp3) is 0.889. The fourth-order valence-electron chi connectivity index (χ4n) is 1.88. The quantitative estimate of drug-likeness (QED) is 0.765. The minimum Gasteiger partial charge on any atom is -0.480 e. The summed E-state index contributed by atoms with van der Waals surface area (Å²) < 4.78 is 0. The highest BCUT2D eigenvalue weighted by Gasteiger charge is 2.30. The van der Waals surface area contributed by atoms with E-state index < -0.39 is 5.97 Å². The number of carboxylic acids is 1. The van der Waals surface area contributed by atoms with Crippen molar-refractivity contribution in [1.29, 1.82) is 0 Å². The Morgan fingerprint density at radius 3 is 2.08 bits per heavy atom. The molecule has 1 saturated heterocycles. The lowest BCUT2D eigenvalue weighted by atomic mass is 10.0. The molecule has 78 valence electrons. The first-order valence-electron chi connectivity index (χ1n) is 4.60. The highest BCUT2D eigenvalue weighted by molar-refractivity contribution is 5.85. The molecule has 3 nitrogen and oxygen atoms in total. The topological polar surface area (TPSA) is 40.5 Å². The monoisotopic (exact) mass is 207 g/mol. The average Bonchev–Trinajstić information content (AvgIpc) is 2.37. The Kier molecular flexibility index (Phi) is 5.33. The van der Waals surface area contributed by atoms with E-state index in [1.54, 1.807) is 0 Å². The van der Waals surface area contributed by atoms with E-state index in [1.807, 2.05) is 13.8 Å². The Balaban J connectivity index is 0.00000144. The summed E-state index contributed by atoms with van der Waals surface area (Å²) in [5.74, 6) is -0.465. The maximum atomic E-state index is 10.9. The number of carboxylic acid groups (broad SMARTS) is 1. The molecule has 1 fully saturated rings. The average molecular weight is 208 g/mol. The summed E-state index contributed by atoms with van der Waals surface area (Å²) in [6, 6.07) is -0.271. The molecule has 0 spiro atoms. The van der Waals surface area contributed by atoms with Crippen LogP contribution in [0, 0.1) is 5.92 Å². The van der Waals surface area contributed by atoms with Gasteiger partial charge in [0.1, 0.15) is 6.04 Å². The van der Waals surface area contributed by atoms with E-state index >= 15 is 0 Å². The van der Waals surface area contributed by atoms with E-state index in [-0.39, 0.29) is 24.4 Å². The Labute approximate surface area is 85.5 Å². The van der Waals surface area contributed by atoms with Gasteiger partial charge in [-0.3, -0.25) is 9.69 Å². The molecule has 1 rings (SSSR count). The van der Waals surface area contributed by atoms with E-state index in [0.29, 0.717) is 0 Å². The molecule has 1 atom stereocenters. The predicted octanol–water partition coefficient (Wildman–Crippen LogP) is 1.61. The molecule has 1 unspecified atom stereocenters. The van der Waals surface area contributed by atoms with Crippen LogP contribution in [-0.4, -0.2) is 35.1 Å². The summed E-state index contributed by atoms with van der Waals surface area (Å²) >= 11 is 0. The Morgan fingerprint density at radius 2 is 1.77 bits per heavy atom. The maximum absolute atomic E-state index is 10.9. The molecule has 0 aromatic heterocycles. The minimum atomic E-state index is -0.674. The lowest BCUT2D eigenvalue weighted by Gasteiger charge is -2.26. The molecule has 0 radical (unpaired) electrons. The fourth-order valence-corrected chi connectivity index (χ4v) is 1.88. The van der Waals surface area contributed by atoms with Crippen LogP contribution in [0.15, 0.2) is 0 Å². The van der Waals surface area contributed by atoms with Gasteiger partial charge in [-0.25, -0.2) is 0 Å². The lowest BCUT2D eigenvalue weighted by Crippen LogP contribution is -2.42. The molecular weight excluding hydrogens is 190 g/mol. The highest BCUT2D eigenvalue weighted by atomic mass is 35.5. The third-order valence-corrected chi connectivity index (χ3v) is 2.42. The van der Waals surface area contributed by atoms with Crippen LogP contribution in [0.1, 0.15) is 26.7 Å². The second-order valence-electron chi connectivity index (χ2n) is 3.77. The summed E-state index contributed by atoms with van der Waals surface area (Å²) in [6.45, 7) is 5.85. The van der Waals surface area contributed by atoms with Crippen LogP contribution >= 0.6 is 12.4 Å². The van der Waals surface area contributed by atoms with Crippen LogP contribution in [0.2, 0.25) is 0 Å². The van der Waals surface area contributed by atoms with Crippen molar-refractivity contribution in [2.24, 2.45) is 5.92 Å².